The van der Waals surface area contributed by atoms with E-state index in [9.17, 15) is 0 Å². The van der Waals surface area contributed by atoms with E-state index in [1.54, 1.807) is 12.4 Å². The highest BCUT2D eigenvalue weighted by Gasteiger charge is 2.04. The highest BCUT2D eigenvalue weighted by molar-refractivity contribution is 9.10. The van der Waals surface area contributed by atoms with Crippen LogP contribution in [0.2, 0.25) is 0 Å². The first-order chi connectivity index (χ1) is 7.77. The number of nitrogens with one attached hydrogen (secondary N) is 2. The number of aromatic nitrogens is 4. The van der Waals surface area contributed by atoms with Crippen LogP contribution >= 0.6 is 15.9 Å². The van der Waals surface area contributed by atoms with Gasteiger partial charge in [-0.2, -0.15) is 5.10 Å². The number of pyridine rings is 1. The van der Waals surface area contributed by atoms with Crippen molar-refractivity contribution in [3.05, 3.63) is 29.0 Å². The predicted octanol–water partition coefficient (Wildman–Crippen LogP) is 1.20. The molecule has 0 saturated carbocycles. The molecule has 0 radical (unpaired) electrons. The van der Waals surface area contributed by atoms with Crippen LogP contribution in [0.25, 0.3) is 0 Å². The lowest BCUT2D eigenvalue weighted by Crippen LogP contribution is -2.08. The number of anilines is 2. The molecular formula is C9H11BrN6. The molecule has 0 amide bonds. The topological polar surface area (TPSA) is 92.5 Å². The van der Waals surface area contributed by atoms with E-state index in [-0.39, 0.29) is 0 Å². The SMILES string of the molecule is Nc1cncc(Br)c1NCCc1ncn[nH]1. The minimum Gasteiger partial charge on any atom is -0.396 e. The Bertz CT molecular complexity index is 435. The molecular weight excluding hydrogens is 272 g/mol. The molecule has 84 valence electrons. The number of hydrogen-bond acceptors (Lipinski definition) is 5. The molecule has 16 heavy (non-hydrogen) atoms. The van der Waals surface area contributed by atoms with Gasteiger partial charge in [-0.15, -0.1) is 0 Å². The minimum absolute atomic E-state index is 0.618. The lowest BCUT2D eigenvalue weighted by Gasteiger charge is -2.09. The zero-order valence-corrected chi connectivity index (χ0v) is 10.0. The highest BCUT2D eigenvalue weighted by atomic mass is 79.9. The predicted molar refractivity (Wildman–Crippen MR) is 64.9 cm³/mol. The molecule has 0 aliphatic rings. The molecule has 7 heteroatoms. The summed E-state index contributed by atoms with van der Waals surface area (Å²) in [6.07, 6.45) is 5.56. The van der Waals surface area contributed by atoms with Crippen LogP contribution in [0, 0.1) is 0 Å². The lowest BCUT2D eigenvalue weighted by atomic mass is 10.3. The van der Waals surface area contributed by atoms with E-state index in [0.717, 1.165) is 29.0 Å². The number of hydrogen-bond donors (Lipinski definition) is 3. The Morgan fingerprint density at radius 3 is 3.00 bits per heavy atom. The normalized spacial score (nSPS) is 10.3. The largest absolute Gasteiger partial charge is 0.396 e. The average Bonchev–Trinajstić information content (AvgIpc) is 2.75. The molecule has 0 aliphatic carbocycles. The molecule has 0 aliphatic heterocycles. The molecule has 2 aromatic rings. The minimum atomic E-state index is 0.618. The number of rotatable bonds is 4. The number of nitrogen functional groups attached to an aromatic ring is 1. The van der Waals surface area contributed by atoms with Crippen molar-refractivity contribution in [2.75, 3.05) is 17.6 Å². The quantitative estimate of drug-likeness (QED) is 0.784. The number of H-pyrrole nitrogens is 1. The van der Waals surface area contributed by atoms with Crippen LogP contribution in [0.1, 0.15) is 5.82 Å². The van der Waals surface area contributed by atoms with Gasteiger partial charge in [-0.3, -0.25) is 10.1 Å². The number of halogens is 1. The average molecular weight is 283 g/mol. The second-order valence-corrected chi connectivity index (χ2v) is 4.05. The van der Waals surface area contributed by atoms with E-state index in [1.807, 2.05) is 0 Å². The maximum absolute atomic E-state index is 5.79. The van der Waals surface area contributed by atoms with Gasteiger partial charge >= 0.3 is 0 Å². The third kappa shape index (κ3) is 2.48. The molecule has 2 aromatic heterocycles. The van der Waals surface area contributed by atoms with Crippen LogP contribution in [0.15, 0.2) is 23.2 Å². The van der Waals surface area contributed by atoms with Crippen molar-refractivity contribution in [1.82, 2.24) is 20.2 Å². The standard InChI is InChI=1S/C9H11BrN6/c10-6-3-12-4-7(11)9(6)13-2-1-8-14-5-15-16-8/h3-5H,1-2,11H2,(H,12,13)(H,14,15,16). The van der Waals surface area contributed by atoms with E-state index in [2.05, 4.69) is 41.4 Å². The fourth-order valence-electron chi connectivity index (χ4n) is 1.29. The summed E-state index contributed by atoms with van der Waals surface area (Å²) in [7, 11) is 0. The van der Waals surface area contributed by atoms with Crippen molar-refractivity contribution in [1.29, 1.82) is 0 Å². The maximum atomic E-state index is 5.79. The number of nitrogens with two attached hydrogens (primary N) is 1. The Morgan fingerprint density at radius 1 is 1.44 bits per heavy atom. The Labute approximate surface area is 101 Å². The molecule has 4 N–H and O–H groups in total. The highest BCUT2D eigenvalue weighted by Crippen LogP contribution is 2.26. The van der Waals surface area contributed by atoms with Crippen LogP contribution in [0.4, 0.5) is 11.4 Å². The van der Waals surface area contributed by atoms with E-state index in [0.29, 0.717) is 5.69 Å². The van der Waals surface area contributed by atoms with Crippen molar-refractivity contribution < 1.29 is 0 Å². The van der Waals surface area contributed by atoms with Gasteiger partial charge in [0.1, 0.15) is 12.2 Å². The molecule has 0 saturated heterocycles. The van der Waals surface area contributed by atoms with Gasteiger partial charge in [0.2, 0.25) is 0 Å². The van der Waals surface area contributed by atoms with Crippen molar-refractivity contribution in [3.63, 3.8) is 0 Å². The Morgan fingerprint density at radius 2 is 2.31 bits per heavy atom. The lowest BCUT2D eigenvalue weighted by molar-refractivity contribution is 0.900. The van der Waals surface area contributed by atoms with Crippen molar-refractivity contribution >= 4 is 27.3 Å². The first-order valence-corrected chi connectivity index (χ1v) is 5.54. The molecule has 6 nitrogen and oxygen atoms in total. The van der Waals surface area contributed by atoms with E-state index >= 15 is 0 Å². The van der Waals surface area contributed by atoms with Crippen LogP contribution in [-0.4, -0.2) is 26.7 Å². The molecule has 0 fully saturated rings. The zero-order chi connectivity index (χ0) is 11.4. The van der Waals surface area contributed by atoms with Gasteiger partial charge < -0.3 is 11.1 Å². The summed E-state index contributed by atoms with van der Waals surface area (Å²) in [5.41, 5.74) is 7.26. The van der Waals surface area contributed by atoms with Gasteiger partial charge in [-0.1, -0.05) is 0 Å². The second-order valence-electron chi connectivity index (χ2n) is 3.19. The molecule has 0 atom stereocenters. The molecule has 2 heterocycles. The fourth-order valence-corrected chi connectivity index (χ4v) is 1.78. The maximum Gasteiger partial charge on any atom is 0.137 e. The monoisotopic (exact) mass is 282 g/mol. The van der Waals surface area contributed by atoms with Crippen molar-refractivity contribution in [3.8, 4) is 0 Å². The summed E-state index contributed by atoms with van der Waals surface area (Å²) in [5.74, 6) is 0.844. The summed E-state index contributed by atoms with van der Waals surface area (Å²) in [6, 6.07) is 0. The summed E-state index contributed by atoms with van der Waals surface area (Å²) in [4.78, 5) is 7.99. The summed E-state index contributed by atoms with van der Waals surface area (Å²) < 4.78 is 0.852. The van der Waals surface area contributed by atoms with E-state index < -0.39 is 0 Å². The molecule has 0 spiro atoms. The molecule has 0 aromatic carbocycles. The van der Waals surface area contributed by atoms with Crippen LogP contribution in [0.5, 0.6) is 0 Å². The molecule has 0 bridgehead atoms. The van der Waals surface area contributed by atoms with Gasteiger partial charge in [0.15, 0.2) is 0 Å². The van der Waals surface area contributed by atoms with Gasteiger partial charge in [-0.05, 0) is 15.9 Å². The van der Waals surface area contributed by atoms with Gasteiger partial charge in [0.25, 0.3) is 0 Å². The fraction of sp³-hybridized carbons (Fsp3) is 0.222. The van der Waals surface area contributed by atoms with Gasteiger partial charge in [-0.25, -0.2) is 4.98 Å². The smallest absolute Gasteiger partial charge is 0.137 e. The number of aromatic amines is 1. The Kier molecular flexibility index (Phi) is 3.35. The third-order valence-electron chi connectivity index (χ3n) is 2.06. The Hall–Kier alpha value is -1.63. The van der Waals surface area contributed by atoms with Crippen molar-refractivity contribution in [2.24, 2.45) is 0 Å². The van der Waals surface area contributed by atoms with Crippen LogP contribution in [-0.2, 0) is 6.42 Å². The van der Waals surface area contributed by atoms with Gasteiger partial charge in [0, 0.05) is 19.2 Å². The van der Waals surface area contributed by atoms with Crippen LogP contribution < -0.4 is 11.1 Å². The Balaban J connectivity index is 1.95. The second kappa shape index (κ2) is 4.93. The van der Waals surface area contributed by atoms with Gasteiger partial charge in [0.05, 0.1) is 22.0 Å². The first-order valence-electron chi connectivity index (χ1n) is 4.74. The molecule has 0 unspecified atom stereocenters. The molecule has 2 rings (SSSR count). The van der Waals surface area contributed by atoms with E-state index in [4.69, 9.17) is 5.73 Å². The zero-order valence-electron chi connectivity index (χ0n) is 8.44. The third-order valence-corrected chi connectivity index (χ3v) is 2.66. The van der Waals surface area contributed by atoms with Crippen LogP contribution in [0.3, 0.4) is 0 Å². The first kappa shape index (κ1) is 10.9. The summed E-state index contributed by atoms with van der Waals surface area (Å²) in [5, 5.41) is 9.79. The summed E-state index contributed by atoms with van der Waals surface area (Å²) >= 11 is 3.39. The summed E-state index contributed by atoms with van der Waals surface area (Å²) in [6.45, 7) is 0.724. The number of nitrogens with zero attached hydrogens (tertiary/aromatic N) is 3. The van der Waals surface area contributed by atoms with E-state index in [1.165, 1.54) is 6.33 Å². The van der Waals surface area contributed by atoms with Crippen molar-refractivity contribution in [2.45, 2.75) is 6.42 Å².